The molecule has 3 heteroatoms. The smallest absolute Gasteiger partial charge is 0.407 e. The molecular formula is C17H29NO2. The van der Waals surface area contributed by atoms with Crippen molar-refractivity contribution >= 4 is 6.09 Å². The van der Waals surface area contributed by atoms with Gasteiger partial charge in [0.05, 0.1) is 0 Å². The van der Waals surface area contributed by atoms with Crippen LogP contribution in [0.2, 0.25) is 0 Å². The summed E-state index contributed by atoms with van der Waals surface area (Å²) in [5, 5.41) is 3.00. The Hall–Kier alpha value is -1.51. The van der Waals surface area contributed by atoms with Crippen molar-refractivity contribution in [1.82, 2.24) is 5.32 Å². The predicted octanol–water partition coefficient (Wildman–Crippen LogP) is 4.62. The summed E-state index contributed by atoms with van der Waals surface area (Å²) in [7, 11) is 0. The summed E-state index contributed by atoms with van der Waals surface area (Å²) >= 11 is 0. The normalized spacial score (nSPS) is 13.1. The average molecular weight is 279 g/mol. The van der Waals surface area contributed by atoms with Gasteiger partial charge in [0.2, 0.25) is 0 Å². The first kappa shape index (κ1) is 16.5. The first-order chi connectivity index (χ1) is 9.29. The lowest BCUT2D eigenvalue weighted by Gasteiger charge is -2.32. The van der Waals surface area contributed by atoms with Crippen LogP contribution < -0.4 is 5.32 Å². The minimum absolute atomic E-state index is 0. The number of amides is 1. The van der Waals surface area contributed by atoms with E-state index in [4.69, 9.17) is 4.74 Å². The fourth-order valence-corrected chi connectivity index (χ4v) is 2.01. The van der Waals surface area contributed by atoms with Crippen LogP contribution in [0.3, 0.4) is 0 Å². The Morgan fingerprint density at radius 2 is 1.85 bits per heavy atom. The second-order valence-corrected chi connectivity index (χ2v) is 6.75. The van der Waals surface area contributed by atoms with Gasteiger partial charge in [0.15, 0.2) is 0 Å². The Bertz CT molecular complexity index is 413. The highest BCUT2D eigenvalue weighted by Crippen LogP contribution is 2.24. The number of hydrogen-bond acceptors (Lipinski definition) is 2. The second-order valence-electron chi connectivity index (χ2n) is 6.75. The molecule has 0 saturated carbocycles. The van der Waals surface area contributed by atoms with E-state index in [1.54, 1.807) is 0 Å². The number of hydrogen-bond donors (Lipinski definition) is 1. The summed E-state index contributed by atoms with van der Waals surface area (Å²) < 4.78 is 5.29. The van der Waals surface area contributed by atoms with E-state index >= 15 is 0 Å². The molecule has 20 heavy (non-hydrogen) atoms. The molecule has 0 fully saturated rings. The molecule has 0 radical (unpaired) electrons. The van der Waals surface area contributed by atoms with E-state index in [1.165, 1.54) is 0 Å². The SMILES string of the molecule is CC(C)CC(NC(=O)OCc1ccccc1)C(C)(C)C.[HH]. The van der Waals surface area contributed by atoms with Crippen molar-refractivity contribution in [3.05, 3.63) is 35.9 Å². The van der Waals surface area contributed by atoms with E-state index in [0.717, 1.165) is 12.0 Å². The van der Waals surface area contributed by atoms with Gasteiger partial charge in [-0.25, -0.2) is 4.79 Å². The Labute approximate surface area is 124 Å². The van der Waals surface area contributed by atoms with Crippen molar-refractivity contribution in [3.63, 3.8) is 0 Å². The lowest BCUT2D eigenvalue weighted by atomic mass is 9.82. The first-order valence-corrected chi connectivity index (χ1v) is 7.26. The second kappa shape index (κ2) is 7.32. The molecule has 3 nitrogen and oxygen atoms in total. The van der Waals surface area contributed by atoms with Crippen molar-refractivity contribution in [1.29, 1.82) is 0 Å². The van der Waals surface area contributed by atoms with E-state index < -0.39 is 0 Å². The lowest BCUT2D eigenvalue weighted by molar-refractivity contribution is 0.122. The van der Waals surface area contributed by atoms with Crippen molar-refractivity contribution in [2.75, 3.05) is 0 Å². The number of nitrogens with one attached hydrogen (secondary N) is 1. The Morgan fingerprint density at radius 3 is 2.35 bits per heavy atom. The van der Waals surface area contributed by atoms with Gasteiger partial charge in [-0.05, 0) is 23.3 Å². The number of alkyl carbamates (subject to hydrolysis) is 1. The summed E-state index contributed by atoms with van der Waals surface area (Å²) in [4.78, 5) is 11.9. The molecule has 1 rings (SSSR count). The summed E-state index contributed by atoms with van der Waals surface area (Å²) in [5.41, 5.74) is 1.02. The molecule has 0 heterocycles. The number of ether oxygens (including phenoxy) is 1. The van der Waals surface area contributed by atoms with Crippen LogP contribution in [-0.2, 0) is 11.3 Å². The van der Waals surface area contributed by atoms with E-state index in [0.29, 0.717) is 12.5 Å². The monoisotopic (exact) mass is 279 g/mol. The van der Waals surface area contributed by atoms with Gasteiger partial charge in [-0.1, -0.05) is 65.0 Å². The molecule has 0 aliphatic carbocycles. The van der Waals surface area contributed by atoms with Crippen LogP contribution in [0, 0.1) is 11.3 Å². The maximum absolute atomic E-state index is 11.9. The van der Waals surface area contributed by atoms with Gasteiger partial charge in [-0.15, -0.1) is 0 Å². The van der Waals surface area contributed by atoms with Crippen LogP contribution in [0.25, 0.3) is 0 Å². The molecule has 114 valence electrons. The first-order valence-electron chi connectivity index (χ1n) is 7.26. The molecular weight excluding hydrogens is 250 g/mol. The van der Waals surface area contributed by atoms with Crippen LogP contribution in [0.5, 0.6) is 0 Å². The lowest BCUT2D eigenvalue weighted by Crippen LogP contribution is -2.44. The van der Waals surface area contributed by atoms with Crippen LogP contribution in [0.15, 0.2) is 30.3 Å². The third kappa shape index (κ3) is 6.09. The van der Waals surface area contributed by atoms with Crippen LogP contribution in [0.4, 0.5) is 4.79 Å². The minimum Gasteiger partial charge on any atom is -0.445 e. The number of carbonyl (C=O) groups excluding carboxylic acids is 1. The number of carbonyl (C=O) groups is 1. The Balaban J connectivity index is 0.00000400. The molecule has 0 spiro atoms. The summed E-state index contributed by atoms with van der Waals surface area (Å²) in [6, 6.07) is 9.83. The van der Waals surface area contributed by atoms with E-state index in [1.807, 2.05) is 30.3 Å². The third-order valence-electron chi connectivity index (χ3n) is 3.26. The molecule has 1 atom stereocenters. The van der Waals surface area contributed by atoms with Crippen molar-refractivity contribution in [2.24, 2.45) is 11.3 Å². The van der Waals surface area contributed by atoms with Crippen LogP contribution in [-0.4, -0.2) is 12.1 Å². The molecule has 1 aromatic rings. The van der Waals surface area contributed by atoms with Crippen molar-refractivity contribution in [3.8, 4) is 0 Å². The van der Waals surface area contributed by atoms with Gasteiger partial charge in [-0.2, -0.15) is 0 Å². The molecule has 0 aliphatic heterocycles. The zero-order chi connectivity index (χ0) is 15.2. The molecule has 1 unspecified atom stereocenters. The molecule has 1 aromatic carbocycles. The number of benzene rings is 1. The van der Waals surface area contributed by atoms with Gasteiger partial charge >= 0.3 is 6.09 Å². The third-order valence-corrected chi connectivity index (χ3v) is 3.26. The molecule has 0 bridgehead atoms. The molecule has 0 saturated heterocycles. The summed E-state index contributed by atoms with van der Waals surface area (Å²) in [5.74, 6) is 0.536. The van der Waals surface area contributed by atoms with E-state index in [-0.39, 0.29) is 19.0 Å². The minimum atomic E-state index is -0.338. The van der Waals surface area contributed by atoms with Gasteiger partial charge in [-0.3, -0.25) is 0 Å². The summed E-state index contributed by atoms with van der Waals surface area (Å²) in [6.07, 6.45) is 0.610. The van der Waals surface area contributed by atoms with E-state index in [2.05, 4.69) is 39.9 Å². The zero-order valence-electron chi connectivity index (χ0n) is 13.3. The number of rotatable bonds is 5. The standard InChI is InChI=1S/C17H27NO2.H2/c1-13(2)11-15(17(3,4)5)18-16(19)20-12-14-9-7-6-8-10-14;/h6-10,13,15H,11-12H2,1-5H3,(H,18,19);1H. The van der Waals surface area contributed by atoms with Gasteiger partial charge in [0.1, 0.15) is 6.61 Å². The molecule has 1 N–H and O–H groups in total. The van der Waals surface area contributed by atoms with Crippen molar-refractivity contribution < 1.29 is 11.0 Å². The predicted molar refractivity (Wildman–Crippen MR) is 84.6 cm³/mol. The molecule has 1 amide bonds. The Morgan fingerprint density at radius 1 is 1.25 bits per heavy atom. The summed E-state index contributed by atoms with van der Waals surface area (Å²) in [6.45, 7) is 11.0. The molecule has 0 aromatic heterocycles. The van der Waals surface area contributed by atoms with Crippen LogP contribution >= 0.6 is 0 Å². The quantitative estimate of drug-likeness (QED) is 0.854. The van der Waals surface area contributed by atoms with Crippen LogP contribution in [0.1, 0.15) is 48.0 Å². The fraction of sp³-hybridized carbons (Fsp3) is 0.588. The van der Waals surface area contributed by atoms with Gasteiger partial charge < -0.3 is 10.1 Å². The maximum atomic E-state index is 11.9. The average Bonchev–Trinajstić information content (AvgIpc) is 2.35. The highest BCUT2D eigenvalue weighted by atomic mass is 16.5. The molecule has 0 aliphatic rings. The highest BCUT2D eigenvalue weighted by molar-refractivity contribution is 5.67. The van der Waals surface area contributed by atoms with Crippen molar-refractivity contribution in [2.45, 2.75) is 53.7 Å². The zero-order valence-corrected chi connectivity index (χ0v) is 13.3. The topological polar surface area (TPSA) is 38.3 Å². The van der Waals surface area contributed by atoms with E-state index in [9.17, 15) is 4.79 Å². The highest BCUT2D eigenvalue weighted by Gasteiger charge is 2.27. The van der Waals surface area contributed by atoms with Gasteiger partial charge in [0.25, 0.3) is 0 Å². The maximum Gasteiger partial charge on any atom is 0.407 e. The largest absolute Gasteiger partial charge is 0.445 e. The Kier molecular flexibility index (Phi) is 6.05. The van der Waals surface area contributed by atoms with Gasteiger partial charge in [0, 0.05) is 7.47 Å². The fourth-order valence-electron chi connectivity index (χ4n) is 2.01.